The summed E-state index contributed by atoms with van der Waals surface area (Å²) in [6.45, 7) is 5.14. The van der Waals surface area contributed by atoms with Crippen molar-refractivity contribution < 1.29 is 9.53 Å². The molecule has 0 amide bonds. The summed E-state index contributed by atoms with van der Waals surface area (Å²) in [5.74, 6) is 0.370. The van der Waals surface area contributed by atoms with Gasteiger partial charge in [0, 0.05) is 6.04 Å². The van der Waals surface area contributed by atoms with Gasteiger partial charge in [-0.2, -0.15) is 0 Å². The lowest BCUT2D eigenvalue weighted by Crippen LogP contribution is -2.30. The first-order valence-electron chi connectivity index (χ1n) is 6.48. The maximum atomic E-state index is 11.1. The van der Waals surface area contributed by atoms with E-state index in [9.17, 15) is 4.79 Å². The third-order valence-corrected chi connectivity index (χ3v) is 3.14. The Morgan fingerprint density at radius 2 is 1.94 bits per heavy atom. The lowest BCUT2D eigenvalue weighted by molar-refractivity contribution is -0.141. The van der Waals surface area contributed by atoms with Crippen LogP contribution < -0.4 is 5.32 Å². The maximum absolute atomic E-state index is 11.1. The summed E-state index contributed by atoms with van der Waals surface area (Å²) in [5.41, 5.74) is 1.36. The fourth-order valence-corrected chi connectivity index (χ4v) is 1.90. The van der Waals surface area contributed by atoms with Crippen molar-refractivity contribution in [2.75, 3.05) is 13.7 Å². The van der Waals surface area contributed by atoms with Gasteiger partial charge in [-0.25, -0.2) is 0 Å². The quantitative estimate of drug-likeness (QED) is 0.755. The molecule has 1 N–H and O–H groups in total. The Bertz CT molecular complexity index is 351. The highest BCUT2D eigenvalue weighted by atomic mass is 16.5. The van der Waals surface area contributed by atoms with Crippen molar-refractivity contribution in [1.29, 1.82) is 0 Å². The average Bonchev–Trinajstić information content (AvgIpc) is 2.39. The zero-order valence-corrected chi connectivity index (χ0v) is 11.5. The first-order chi connectivity index (χ1) is 8.63. The van der Waals surface area contributed by atoms with Gasteiger partial charge in [0.05, 0.1) is 13.5 Å². The molecule has 0 aromatic heterocycles. The van der Waals surface area contributed by atoms with Gasteiger partial charge in [0.1, 0.15) is 0 Å². The van der Waals surface area contributed by atoms with Gasteiger partial charge in [0.25, 0.3) is 0 Å². The minimum Gasteiger partial charge on any atom is -0.469 e. The molecular formula is C15H23NO2. The van der Waals surface area contributed by atoms with Crippen LogP contribution >= 0.6 is 0 Å². The summed E-state index contributed by atoms with van der Waals surface area (Å²) in [7, 11) is 1.42. The third kappa shape index (κ3) is 5.32. The lowest BCUT2D eigenvalue weighted by Gasteiger charge is -2.15. The van der Waals surface area contributed by atoms with E-state index >= 15 is 0 Å². The Kier molecular flexibility index (Phi) is 6.44. The second-order valence-electron chi connectivity index (χ2n) is 4.74. The highest BCUT2D eigenvalue weighted by Gasteiger charge is 2.09. The van der Waals surface area contributed by atoms with Crippen LogP contribution in [0.4, 0.5) is 0 Å². The van der Waals surface area contributed by atoms with E-state index < -0.39 is 0 Å². The van der Waals surface area contributed by atoms with Crippen molar-refractivity contribution in [2.24, 2.45) is 0 Å². The van der Waals surface area contributed by atoms with Crippen molar-refractivity contribution in [3.8, 4) is 0 Å². The molecule has 18 heavy (non-hydrogen) atoms. The van der Waals surface area contributed by atoms with Crippen LogP contribution in [0, 0.1) is 0 Å². The van der Waals surface area contributed by atoms with E-state index in [-0.39, 0.29) is 12.0 Å². The number of rotatable bonds is 7. The SMILES string of the molecule is COC(=O)CC(C)NCCC(C)c1ccccc1. The molecule has 3 nitrogen and oxygen atoms in total. The van der Waals surface area contributed by atoms with Crippen LogP contribution in [-0.2, 0) is 9.53 Å². The predicted octanol–water partition coefficient (Wildman–Crippen LogP) is 2.72. The summed E-state index contributed by atoms with van der Waals surface area (Å²) in [6.07, 6.45) is 1.49. The molecule has 1 rings (SSSR count). The number of methoxy groups -OCH3 is 1. The Balaban J connectivity index is 2.23. The van der Waals surface area contributed by atoms with E-state index in [0.29, 0.717) is 12.3 Å². The summed E-state index contributed by atoms with van der Waals surface area (Å²) >= 11 is 0. The second-order valence-corrected chi connectivity index (χ2v) is 4.74. The minimum absolute atomic E-state index is 0.161. The number of ether oxygens (including phenoxy) is 1. The van der Waals surface area contributed by atoms with Crippen molar-refractivity contribution in [3.05, 3.63) is 35.9 Å². The van der Waals surface area contributed by atoms with Crippen LogP contribution in [0.2, 0.25) is 0 Å². The summed E-state index contributed by atoms with van der Waals surface area (Å²) in [5, 5.41) is 3.35. The van der Waals surface area contributed by atoms with E-state index in [0.717, 1.165) is 13.0 Å². The molecule has 3 heteroatoms. The first kappa shape index (κ1) is 14.7. The molecular weight excluding hydrogens is 226 g/mol. The summed E-state index contributed by atoms with van der Waals surface area (Å²) < 4.78 is 4.64. The van der Waals surface area contributed by atoms with Crippen molar-refractivity contribution in [3.63, 3.8) is 0 Å². The zero-order chi connectivity index (χ0) is 13.4. The highest BCUT2D eigenvalue weighted by Crippen LogP contribution is 2.17. The molecule has 2 atom stereocenters. The largest absolute Gasteiger partial charge is 0.469 e. The molecule has 1 aromatic carbocycles. The number of carbonyl (C=O) groups excluding carboxylic acids is 1. The van der Waals surface area contributed by atoms with Gasteiger partial charge < -0.3 is 10.1 Å². The predicted molar refractivity (Wildman–Crippen MR) is 73.6 cm³/mol. The van der Waals surface area contributed by atoms with Gasteiger partial charge in [-0.3, -0.25) is 4.79 Å². The molecule has 0 radical (unpaired) electrons. The van der Waals surface area contributed by atoms with E-state index in [1.165, 1.54) is 12.7 Å². The smallest absolute Gasteiger partial charge is 0.307 e. The van der Waals surface area contributed by atoms with Gasteiger partial charge in [-0.05, 0) is 31.4 Å². The number of hydrogen-bond acceptors (Lipinski definition) is 3. The first-order valence-corrected chi connectivity index (χ1v) is 6.48. The molecule has 0 aliphatic heterocycles. The molecule has 0 aliphatic carbocycles. The van der Waals surface area contributed by atoms with Crippen LogP contribution in [0.5, 0.6) is 0 Å². The molecule has 0 heterocycles. The standard InChI is InChI=1S/C15H23NO2/c1-12(14-7-5-4-6-8-14)9-10-16-13(2)11-15(17)18-3/h4-8,12-13,16H,9-11H2,1-3H3. The fraction of sp³-hybridized carbons (Fsp3) is 0.533. The lowest BCUT2D eigenvalue weighted by atomic mass is 9.98. The van der Waals surface area contributed by atoms with Crippen molar-refractivity contribution >= 4 is 5.97 Å². The Hall–Kier alpha value is -1.35. The van der Waals surface area contributed by atoms with E-state index in [2.05, 4.69) is 41.2 Å². The average molecular weight is 249 g/mol. The van der Waals surface area contributed by atoms with E-state index in [1.54, 1.807) is 0 Å². The number of benzene rings is 1. The second kappa shape index (κ2) is 7.88. The molecule has 1 aromatic rings. The number of carbonyl (C=O) groups is 1. The molecule has 0 saturated carbocycles. The Labute approximate surface area is 110 Å². The van der Waals surface area contributed by atoms with E-state index in [1.807, 2.05) is 13.0 Å². The highest BCUT2D eigenvalue weighted by molar-refractivity contribution is 5.69. The number of hydrogen-bond donors (Lipinski definition) is 1. The molecule has 0 saturated heterocycles. The molecule has 0 spiro atoms. The van der Waals surface area contributed by atoms with Crippen LogP contribution in [0.15, 0.2) is 30.3 Å². The topological polar surface area (TPSA) is 38.3 Å². The summed E-state index contributed by atoms with van der Waals surface area (Å²) in [6, 6.07) is 10.6. The van der Waals surface area contributed by atoms with E-state index in [4.69, 9.17) is 0 Å². The fourth-order valence-electron chi connectivity index (χ4n) is 1.90. The van der Waals surface area contributed by atoms with Crippen molar-refractivity contribution in [2.45, 2.75) is 38.6 Å². The zero-order valence-electron chi connectivity index (χ0n) is 11.5. The Morgan fingerprint density at radius 1 is 1.28 bits per heavy atom. The van der Waals surface area contributed by atoms with Crippen molar-refractivity contribution in [1.82, 2.24) is 5.32 Å². The number of esters is 1. The summed E-state index contributed by atoms with van der Waals surface area (Å²) in [4.78, 5) is 11.1. The molecule has 0 aliphatic rings. The number of nitrogens with one attached hydrogen (secondary N) is 1. The van der Waals surface area contributed by atoms with Gasteiger partial charge in [0.15, 0.2) is 0 Å². The third-order valence-electron chi connectivity index (χ3n) is 3.14. The molecule has 0 fully saturated rings. The molecule has 0 bridgehead atoms. The monoisotopic (exact) mass is 249 g/mol. The molecule has 2 unspecified atom stereocenters. The van der Waals surface area contributed by atoms with Gasteiger partial charge in [-0.1, -0.05) is 37.3 Å². The molecule has 100 valence electrons. The maximum Gasteiger partial charge on any atom is 0.307 e. The Morgan fingerprint density at radius 3 is 2.56 bits per heavy atom. The van der Waals surface area contributed by atoms with Gasteiger partial charge in [-0.15, -0.1) is 0 Å². The van der Waals surface area contributed by atoms with Gasteiger partial charge >= 0.3 is 5.97 Å². The van der Waals surface area contributed by atoms with Crippen LogP contribution in [0.3, 0.4) is 0 Å². The van der Waals surface area contributed by atoms with Gasteiger partial charge in [0.2, 0.25) is 0 Å². The normalized spacial score (nSPS) is 13.9. The van der Waals surface area contributed by atoms with Crippen LogP contribution in [-0.4, -0.2) is 25.7 Å². The minimum atomic E-state index is -0.161. The van der Waals surface area contributed by atoms with Crippen LogP contribution in [0.1, 0.15) is 38.2 Å². The van der Waals surface area contributed by atoms with Crippen LogP contribution in [0.25, 0.3) is 0 Å².